The molecule has 0 heterocycles. The van der Waals surface area contributed by atoms with Gasteiger partial charge in [0, 0.05) is 12.6 Å². The standard InChI is InChI=1S/C14H20FNO2/c1-14(2,3)13(16-9-8-12(17)18)10-4-6-11(15)7-5-10/h4-7,13,16H,8-9H2,1-3H3,(H,17,18). The van der Waals surface area contributed by atoms with E-state index in [4.69, 9.17) is 5.11 Å². The van der Waals surface area contributed by atoms with Crippen LogP contribution in [0.5, 0.6) is 0 Å². The predicted octanol–water partition coefficient (Wildman–Crippen LogP) is 2.98. The maximum Gasteiger partial charge on any atom is 0.304 e. The molecule has 0 amide bonds. The summed E-state index contributed by atoms with van der Waals surface area (Å²) in [6.45, 7) is 6.59. The number of rotatable bonds is 5. The Bertz CT molecular complexity index is 395. The summed E-state index contributed by atoms with van der Waals surface area (Å²) in [5, 5.41) is 11.9. The molecule has 1 aromatic rings. The Labute approximate surface area is 107 Å². The number of hydrogen-bond donors (Lipinski definition) is 2. The number of aliphatic carboxylic acids is 1. The molecule has 0 saturated heterocycles. The third-order valence-corrected chi connectivity index (χ3v) is 2.76. The van der Waals surface area contributed by atoms with Gasteiger partial charge in [-0.15, -0.1) is 0 Å². The lowest BCUT2D eigenvalue weighted by Gasteiger charge is -2.32. The van der Waals surface area contributed by atoms with E-state index in [1.54, 1.807) is 12.1 Å². The molecule has 100 valence electrons. The molecule has 1 unspecified atom stereocenters. The van der Waals surface area contributed by atoms with Gasteiger partial charge in [-0.1, -0.05) is 32.9 Å². The molecule has 0 radical (unpaired) electrons. The van der Waals surface area contributed by atoms with Crippen LogP contribution in [0.4, 0.5) is 4.39 Å². The van der Waals surface area contributed by atoms with Crippen molar-refractivity contribution >= 4 is 5.97 Å². The Balaban J connectivity index is 2.79. The van der Waals surface area contributed by atoms with Crippen LogP contribution in [0.1, 0.15) is 38.8 Å². The van der Waals surface area contributed by atoms with E-state index >= 15 is 0 Å². The first kappa shape index (κ1) is 14.6. The third-order valence-electron chi connectivity index (χ3n) is 2.76. The predicted molar refractivity (Wildman–Crippen MR) is 68.9 cm³/mol. The first-order chi connectivity index (χ1) is 8.30. The molecule has 0 aliphatic heterocycles. The monoisotopic (exact) mass is 253 g/mol. The molecule has 3 nitrogen and oxygen atoms in total. The average molecular weight is 253 g/mol. The first-order valence-corrected chi connectivity index (χ1v) is 6.01. The number of halogens is 1. The molecule has 1 atom stereocenters. The van der Waals surface area contributed by atoms with Crippen LogP contribution in [0.2, 0.25) is 0 Å². The van der Waals surface area contributed by atoms with Crippen LogP contribution in [0.3, 0.4) is 0 Å². The quantitative estimate of drug-likeness (QED) is 0.848. The largest absolute Gasteiger partial charge is 0.481 e. The van der Waals surface area contributed by atoms with Gasteiger partial charge in [-0.05, 0) is 23.1 Å². The number of hydrogen-bond acceptors (Lipinski definition) is 2. The van der Waals surface area contributed by atoms with Gasteiger partial charge in [0.25, 0.3) is 0 Å². The number of carboxylic acids is 1. The van der Waals surface area contributed by atoms with E-state index in [0.717, 1.165) is 5.56 Å². The highest BCUT2D eigenvalue weighted by Crippen LogP contribution is 2.32. The minimum absolute atomic E-state index is 0.00236. The Kier molecular flexibility index (Phi) is 4.84. The Hall–Kier alpha value is -1.42. The summed E-state index contributed by atoms with van der Waals surface area (Å²) in [5.74, 6) is -1.09. The molecule has 0 aliphatic rings. The molecule has 0 fully saturated rings. The van der Waals surface area contributed by atoms with Crippen molar-refractivity contribution in [2.45, 2.75) is 33.2 Å². The molecule has 4 heteroatoms. The van der Waals surface area contributed by atoms with Gasteiger partial charge in [0.15, 0.2) is 0 Å². The smallest absolute Gasteiger partial charge is 0.304 e. The van der Waals surface area contributed by atoms with E-state index < -0.39 is 5.97 Å². The zero-order chi connectivity index (χ0) is 13.8. The summed E-state index contributed by atoms with van der Waals surface area (Å²) >= 11 is 0. The lowest BCUT2D eigenvalue weighted by atomic mass is 9.82. The van der Waals surface area contributed by atoms with Gasteiger partial charge in [-0.25, -0.2) is 4.39 Å². The molecule has 0 aliphatic carbocycles. The van der Waals surface area contributed by atoms with Crippen LogP contribution in [-0.2, 0) is 4.79 Å². The van der Waals surface area contributed by atoms with Crippen molar-refractivity contribution in [1.82, 2.24) is 5.32 Å². The van der Waals surface area contributed by atoms with Gasteiger partial charge in [-0.2, -0.15) is 0 Å². The second kappa shape index (κ2) is 5.96. The van der Waals surface area contributed by atoms with Gasteiger partial charge in [0.05, 0.1) is 6.42 Å². The van der Waals surface area contributed by atoms with Crippen molar-refractivity contribution in [3.8, 4) is 0 Å². The molecule has 18 heavy (non-hydrogen) atoms. The van der Waals surface area contributed by atoms with Crippen molar-refractivity contribution in [2.75, 3.05) is 6.54 Å². The number of carbonyl (C=O) groups is 1. The van der Waals surface area contributed by atoms with Crippen LogP contribution < -0.4 is 5.32 Å². The van der Waals surface area contributed by atoms with Crippen LogP contribution in [-0.4, -0.2) is 17.6 Å². The number of nitrogens with one attached hydrogen (secondary N) is 1. The molecule has 1 rings (SSSR count). The summed E-state index contributed by atoms with van der Waals surface area (Å²) in [6, 6.07) is 6.32. The van der Waals surface area contributed by atoms with Crippen LogP contribution >= 0.6 is 0 Å². The topological polar surface area (TPSA) is 49.3 Å². The van der Waals surface area contributed by atoms with Crippen molar-refractivity contribution < 1.29 is 14.3 Å². The lowest BCUT2D eigenvalue weighted by Crippen LogP contribution is -2.33. The fourth-order valence-electron chi connectivity index (χ4n) is 1.90. The lowest BCUT2D eigenvalue weighted by molar-refractivity contribution is -0.136. The van der Waals surface area contributed by atoms with Crippen molar-refractivity contribution in [3.05, 3.63) is 35.6 Å². The minimum atomic E-state index is -0.825. The second-order valence-corrected chi connectivity index (χ2v) is 5.45. The molecule has 2 N–H and O–H groups in total. The highest BCUT2D eigenvalue weighted by atomic mass is 19.1. The average Bonchev–Trinajstić information content (AvgIpc) is 2.24. The third kappa shape index (κ3) is 4.45. The summed E-state index contributed by atoms with van der Waals surface area (Å²) in [5.41, 5.74) is 0.894. The van der Waals surface area contributed by atoms with Gasteiger partial charge in [-0.3, -0.25) is 4.79 Å². The second-order valence-electron chi connectivity index (χ2n) is 5.45. The fraction of sp³-hybridized carbons (Fsp3) is 0.500. The zero-order valence-corrected chi connectivity index (χ0v) is 11.0. The number of carboxylic acid groups (broad SMARTS) is 1. The van der Waals surface area contributed by atoms with E-state index in [2.05, 4.69) is 26.1 Å². The Morgan fingerprint density at radius 2 is 1.89 bits per heavy atom. The molecular formula is C14H20FNO2. The van der Waals surface area contributed by atoms with Crippen LogP contribution in [0, 0.1) is 11.2 Å². The normalized spacial score (nSPS) is 13.3. The van der Waals surface area contributed by atoms with Crippen molar-refractivity contribution in [1.29, 1.82) is 0 Å². The van der Waals surface area contributed by atoms with Crippen molar-refractivity contribution in [3.63, 3.8) is 0 Å². The van der Waals surface area contributed by atoms with E-state index in [1.807, 2.05) is 0 Å². The first-order valence-electron chi connectivity index (χ1n) is 6.01. The minimum Gasteiger partial charge on any atom is -0.481 e. The molecular weight excluding hydrogens is 233 g/mol. The highest BCUT2D eigenvalue weighted by molar-refractivity contribution is 5.66. The summed E-state index contributed by atoms with van der Waals surface area (Å²) in [7, 11) is 0. The molecule has 0 bridgehead atoms. The summed E-state index contributed by atoms with van der Waals surface area (Å²) in [6.07, 6.45) is 0.0772. The maximum absolute atomic E-state index is 12.9. The van der Waals surface area contributed by atoms with E-state index in [1.165, 1.54) is 12.1 Å². The van der Waals surface area contributed by atoms with Gasteiger partial charge in [0.2, 0.25) is 0 Å². The summed E-state index contributed by atoms with van der Waals surface area (Å²) in [4.78, 5) is 10.5. The summed E-state index contributed by atoms with van der Waals surface area (Å²) < 4.78 is 12.9. The van der Waals surface area contributed by atoms with Gasteiger partial charge in [0.1, 0.15) is 5.82 Å². The molecule has 0 aromatic heterocycles. The fourth-order valence-corrected chi connectivity index (χ4v) is 1.90. The van der Waals surface area contributed by atoms with Crippen LogP contribution in [0.15, 0.2) is 24.3 Å². The van der Waals surface area contributed by atoms with E-state index in [0.29, 0.717) is 6.54 Å². The zero-order valence-electron chi connectivity index (χ0n) is 11.0. The SMILES string of the molecule is CC(C)(C)C(NCCC(=O)O)c1ccc(F)cc1. The van der Waals surface area contributed by atoms with E-state index in [9.17, 15) is 9.18 Å². The van der Waals surface area contributed by atoms with Gasteiger partial charge >= 0.3 is 5.97 Å². The van der Waals surface area contributed by atoms with Crippen LogP contribution in [0.25, 0.3) is 0 Å². The Morgan fingerprint density at radius 3 is 2.33 bits per heavy atom. The maximum atomic E-state index is 12.9. The van der Waals surface area contributed by atoms with E-state index in [-0.39, 0.29) is 23.7 Å². The highest BCUT2D eigenvalue weighted by Gasteiger charge is 2.25. The molecule has 1 aromatic carbocycles. The Morgan fingerprint density at radius 1 is 1.33 bits per heavy atom. The van der Waals surface area contributed by atoms with Crippen molar-refractivity contribution in [2.24, 2.45) is 5.41 Å². The molecule has 0 saturated carbocycles. The number of benzene rings is 1. The van der Waals surface area contributed by atoms with Gasteiger partial charge < -0.3 is 10.4 Å². The molecule has 0 spiro atoms.